The Morgan fingerprint density at radius 2 is 2.00 bits per heavy atom. The first-order valence-electron chi connectivity index (χ1n) is 6.56. The lowest BCUT2D eigenvalue weighted by molar-refractivity contribution is 0.120. The molecule has 0 saturated carbocycles. The molecule has 2 atom stereocenters. The van der Waals surface area contributed by atoms with E-state index >= 15 is 0 Å². The first kappa shape index (κ1) is 13.0. The zero-order valence-corrected chi connectivity index (χ0v) is 11.0. The largest absolute Gasteiger partial charge is 0.307 e. The van der Waals surface area contributed by atoms with Crippen molar-refractivity contribution in [2.24, 2.45) is 5.92 Å². The quantitative estimate of drug-likeness (QED) is 0.691. The summed E-state index contributed by atoms with van der Waals surface area (Å²) < 4.78 is 0. The molecule has 15 heavy (non-hydrogen) atoms. The Morgan fingerprint density at radius 1 is 1.27 bits per heavy atom. The number of nitrogens with zero attached hydrogens (tertiary/aromatic N) is 2. The predicted octanol–water partition coefficient (Wildman–Crippen LogP) is 2.45. The van der Waals surface area contributed by atoms with Crippen molar-refractivity contribution < 1.29 is 0 Å². The van der Waals surface area contributed by atoms with E-state index in [1.54, 1.807) is 0 Å². The van der Waals surface area contributed by atoms with Crippen molar-refractivity contribution in [3.8, 4) is 0 Å². The molecule has 1 fully saturated rings. The summed E-state index contributed by atoms with van der Waals surface area (Å²) in [5.74, 6) is 0.954. The molecule has 0 aromatic heterocycles. The average molecular weight is 212 g/mol. The highest BCUT2D eigenvalue weighted by molar-refractivity contribution is 4.79. The predicted molar refractivity (Wildman–Crippen MR) is 67.2 cm³/mol. The van der Waals surface area contributed by atoms with E-state index in [-0.39, 0.29) is 0 Å². The lowest BCUT2D eigenvalue weighted by Gasteiger charge is -2.37. The molecule has 0 radical (unpaired) electrons. The molecule has 1 rings (SSSR count). The summed E-state index contributed by atoms with van der Waals surface area (Å²) in [7, 11) is 4.52. The highest BCUT2D eigenvalue weighted by Crippen LogP contribution is 2.24. The van der Waals surface area contributed by atoms with Gasteiger partial charge in [-0.25, -0.2) is 0 Å². The van der Waals surface area contributed by atoms with Crippen LogP contribution in [0.2, 0.25) is 0 Å². The van der Waals surface area contributed by atoms with Gasteiger partial charge in [0.15, 0.2) is 0 Å². The number of hydrogen-bond donors (Lipinski definition) is 0. The van der Waals surface area contributed by atoms with E-state index in [4.69, 9.17) is 0 Å². The van der Waals surface area contributed by atoms with Gasteiger partial charge in [0.1, 0.15) is 0 Å². The first-order valence-corrected chi connectivity index (χ1v) is 6.56. The first-order chi connectivity index (χ1) is 7.17. The fraction of sp³-hybridized carbons (Fsp3) is 1.00. The van der Waals surface area contributed by atoms with Crippen molar-refractivity contribution >= 4 is 0 Å². The molecule has 0 unspecified atom stereocenters. The number of hydrogen-bond acceptors (Lipinski definition) is 2. The average Bonchev–Trinajstić information content (AvgIpc) is 2.26. The Balaban J connectivity index is 2.25. The van der Waals surface area contributed by atoms with Crippen LogP contribution in [0.15, 0.2) is 0 Å². The fourth-order valence-electron chi connectivity index (χ4n) is 2.52. The van der Waals surface area contributed by atoms with E-state index < -0.39 is 0 Å². The van der Waals surface area contributed by atoms with Crippen LogP contribution in [0.4, 0.5) is 0 Å². The van der Waals surface area contributed by atoms with Gasteiger partial charge >= 0.3 is 0 Å². The van der Waals surface area contributed by atoms with E-state index in [1.165, 1.54) is 45.3 Å². The molecule has 0 aromatic rings. The summed E-state index contributed by atoms with van der Waals surface area (Å²) >= 11 is 0. The molecule has 1 saturated heterocycles. The van der Waals surface area contributed by atoms with Gasteiger partial charge in [-0.05, 0) is 52.4 Å². The van der Waals surface area contributed by atoms with Crippen LogP contribution in [0.1, 0.15) is 39.5 Å². The van der Waals surface area contributed by atoms with E-state index in [2.05, 4.69) is 37.7 Å². The molecule has 90 valence electrons. The van der Waals surface area contributed by atoms with E-state index in [0.717, 1.165) is 12.0 Å². The molecular formula is C13H28N2. The molecule has 0 bridgehead atoms. The topological polar surface area (TPSA) is 6.48 Å². The molecule has 0 N–H and O–H groups in total. The minimum Gasteiger partial charge on any atom is -0.307 e. The van der Waals surface area contributed by atoms with Gasteiger partial charge < -0.3 is 9.80 Å². The van der Waals surface area contributed by atoms with Crippen LogP contribution >= 0.6 is 0 Å². The number of rotatable bonds is 5. The molecule has 0 spiro atoms. The summed E-state index contributed by atoms with van der Waals surface area (Å²) in [4.78, 5) is 5.00. The van der Waals surface area contributed by atoms with Crippen molar-refractivity contribution in [2.45, 2.75) is 45.6 Å². The smallest absolute Gasteiger partial charge is 0.0105 e. The van der Waals surface area contributed by atoms with Gasteiger partial charge in [0, 0.05) is 12.6 Å². The van der Waals surface area contributed by atoms with Crippen LogP contribution in [0.3, 0.4) is 0 Å². The van der Waals surface area contributed by atoms with Crippen LogP contribution in [0, 0.1) is 5.92 Å². The zero-order chi connectivity index (χ0) is 11.3. The molecule has 0 aromatic carbocycles. The van der Waals surface area contributed by atoms with Crippen molar-refractivity contribution in [3.63, 3.8) is 0 Å². The monoisotopic (exact) mass is 212 g/mol. The summed E-state index contributed by atoms with van der Waals surface area (Å²) in [6.45, 7) is 8.30. The second-order valence-electron chi connectivity index (χ2n) is 5.13. The molecule has 1 aliphatic heterocycles. The van der Waals surface area contributed by atoms with Gasteiger partial charge in [-0.3, -0.25) is 0 Å². The van der Waals surface area contributed by atoms with Crippen LogP contribution in [0.5, 0.6) is 0 Å². The summed E-state index contributed by atoms with van der Waals surface area (Å²) in [5.41, 5.74) is 0. The second kappa shape index (κ2) is 6.49. The third kappa shape index (κ3) is 4.12. The van der Waals surface area contributed by atoms with Crippen molar-refractivity contribution in [2.75, 3.05) is 33.7 Å². The molecule has 0 amide bonds. The zero-order valence-electron chi connectivity index (χ0n) is 11.0. The lowest BCUT2D eigenvalue weighted by atomic mass is 9.90. The fourth-order valence-corrected chi connectivity index (χ4v) is 2.52. The minimum atomic E-state index is 0.835. The van der Waals surface area contributed by atoms with Crippen LogP contribution in [-0.2, 0) is 0 Å². The van der Waals surface area contributed by atoms with E-state index in [1.807, 2.05) is 0 Å². The minimum absolute atomic E-state index is 0.835. The number of piperidine rings is 1. The molecule has 2 heteroatoms. The lowest BCUT2D eigenvalue weighted by Crippen LogP contribution is -2.42. The van der Waals surface area contributed by atoms with Gasteiger partial charge in [0.25, 0.3) is 0 Å². The maximum atomic E-state index is 2.58. The molecule has 0 aliphatic carbocycles. The Labute approximate surface area is 95.6 Å². The second-order valence-corrected chi connectivity index (χ2v) is 5.13. The van der Waals surface area contributed by atoms with Crippen molar-refractivity contribution in [3.05, 3.63) is 0 Å². The van der Waals surface area contributed by atoms with Gasteiger partial charge in [-0.2, -0.15) is 0 Å². The van der Waals surface area contributed by atoms with E-state index in [9.17, 15) is 0 Å². The summed E-state index contributed by atoms with van der Waals surface area (Å²) in [5, 5.41) is 0. The normalized spacial score (nSPS) is 28.6. The summed E-state index contributed by atoms with van der Waals surface area (Å²) in [6, 6.07) is 0.835. The Kier molecular flexibility index (Phi) is 5.62. The van der Waals surface area contributed by atoms with Crippen molar-refractivity contribution in [1.29, 1.82) is 0 Å². The van der Waals surface area contributed by atoms with Gasteiger partial charge in [0.05, 0.1) is 0 Å². The highest BCUT2D eigenvalue weighted by Gasteiger charge is 2.24. The Hall–Kier alpha value is -0.0800. The third-order valence-electron chi connectivity index (χ3n) is 4.04. The van der Waals surface area contributed by atoms with Gasteiger partial charge in [-0.15, -0.1) is 0 Å². The maximum absolute atomic E-state index is 2.58. The van der Waals surface area contributed by atoms with Crippen LogP contribution < -0.4 is 0 Å². The maximum Gasteiger partial charge on any atom is 0.0105 e. The van der Waals surface area contributed by atoms with Crippen LogP contribution in [-0.4, -0.2) is 49.6 Å². The van der Waals surface area contributed by atoms with Gasteiger partial charge in [-0.1, -0.05) is 20.3 Å². The molecule has 2 nitrogen and oxygen atoms in total. The number of likely N-dealkylation sites (tertiary alicyclic amines) is 1. The summed E-state index contributed by atoms with van der Waals surface area (Å²) in [6.07, 6.45) is 5.55. The molecule has 1 aliphatic rings. The standard InChI is InChI=1S/C13H28N2/c1-5-12-7-8-13(15(4)11-12)9-10-14(3)6-2/h12-13H,5-11H2,1-4H3/t12-,13+/m0/s1. The molecule has 1 heterocycles. The van der Waals surface area contributed by atoms with Crippen molar-refractivity contribution in [1.82, 2.24) is 9.80 Å². The Morgan fingerprint density at radius 3 is 2.53 bits per heavy atom. The highest BCUT2D eigenvalue weighted by atomic mass is 15.1. The SMILES string of the molecule is CC[C@H]1CC[C@H](CCN(C)CC)N(C)C1. The van der Waals surface area contributed by atoms with Crippen LogP contribution in [0.25, 0.3) is 0 Å². The van der Waals surface area contributed by atoms with E-state index in [0.29, 0.717) is 0 Å². The Bertz CT molecular complexity index is 170. The molecular weight excluding hydrogens is 184 g/mol. The van der Waals surface area contributed by atoms with Gasteiger partial charge in [0.2, 0.25) is 0 Å². The third-order valence-corrected chi connectivity index (χ3v) is 4.04.